The Morgan fingerprint density at radius 1 is 1.25 bits per heavy atom. The molecule has 16 heavy (non-hydrogen) atoms. The minimum Gasteiger partial charge on any atom is -0.494 e. The van der Waals surface area contributed by atoms with Crippen LogP contribution in [0.4, 0.5) is 0 Å². The predicted molar refractivity (Wildman–Crippen MR) is 68.5 cm³/mol. The lowest BCUT2D eigenvalue weighted by molar-refractivity contribution is 0.329. The topological polar surface area (TPSA) is 9.23 Å². The van der Waals surface area contributed by atoms with Gasteiger partial charge in [-0.1, -0.05) is 31.0 Å². The smallest absolute Gasteiger partial charge is 0.122 e. The van der Waals surface area contributed by atoms with E-state index in [2.05, 4.69) is 18.2 Å². The summed E-state index contributed by atoms with van der Waals surface area (Å²) in [5, 5.41) is 0.273. The van der Waals surface area contributed by atoms with Crippen LogP contribution < -0.4 is 4.74 Å². The molecule has 2 heteroatoms. The molecule has 2 atom stereocenters. The first-order chi connectivity index (χ1) is 7.83. The highest BCUT2D eigenvalue weighted by Gasteiger charge is 2.26. The SMILES string of the molecule is CCOc1ccccc1C1CCCCC1Cl. The van der Waals surface area contributed by atoms with Crippen LogP contribution in [0, 0.1) is 0 Å². The molecule has 0 aliphatic heterocycles. The van der Waals surface area contributed by atoms with E-state index in [-0.39, 0.29) is 5.38 Å². The molecule has 1 saturated carbocycles. The van der Waals surface area contributed by atoms with Gasteiger partial charge in [-0.3, -0.25) is 0 Å². The fourth-order valence-electron chi connectivity index (χ4n) is 2.51. The zero-order valence-corrected chi connectivity index (χ0v) is 10.5. The van der Waals surface area contributed by atoms with Gasteiger partial charge >= 0.3 is 0 Å². The first-order valence-electron chi connectivity index (χ1n) is 6.18. The molecule has 0 heterocycles. The molecular weight excluding hydrogens is 220 g/mol. The Morgan fingerprint density at radius 3 is 2.75 bits per heavy atom. The molecule has 0 N–H and O–H groups in total. The van der Waals surface area contributed by atoms with Crippen LogP contribution in [-0.2, 0) is 0 Å². The van der Waals surface area contributed by atoms with Crippen molar-refractivity contribution in [3.8, 4) is 5.75 Å². The fraction of sp³-hybridized carbons (Fsp3) is 0.571. The van der Waals surface area contributed by atoms with Crippen molar-refractivity contribution in [1.82, 2.24) is 0 Å². The van der Waals surface area contributed by atoms with E-state index in [9.17, 15) is 0 Å². The standard InChI is InChI=1S/C14H19ClO/c1-2-16-14-10-6-4-8-12(14)11-7-3-5-9-13(11)15/h4,6,8,10-11,13H,2-3,5,7,9H2,1H3. The third-order valence-electron chi connectivity index (χ3n) is 3.30. The highest BCUT2D eigenvalue weighted by Crippen LogP contribution is 2.40. The van der Waals surface area contributed by atoms with Gasteiger partial charge in [-0.05, 0) is 31.4 Å². The van der Waals surface area contributed by atoms with E-state index in [1.54, 1.807) is 0 Å². The van der Waals surface area contributed by atoms with Gasteiger partial charge in [-0.2, -0.15) is 0 Å². The van der Waals surface area contributed by atoms with Crippen LogP contribution in [-0.4, -0.2) is 12.0 Å². The fourth-order valence-corrected chi connectivity index (χ4v) is 2.93. The molecule has 1 aromatic carbocycles. The predicted octanol–water partition coefficient (Wildman–Crippen LogP) is 4.35. The maximum Gasteiger partial charge on any atom is 0.122 e. The van der Waals surface area contributed by atoms with E-state index in [0.717, 1.165) is 18.8 Å². The third kappa shape index (κ3) is 2.52. The summed E-state index contributed by atoms with van der Waals surface area (Å²) in [5.74, 6) is 1.49. The molecule has 0 amide bonds. The summed E-state index contributed by atoms with van der Waals surface area (Å²) in [6, 6.07) is 8.32. The van der Waals surface area contributed by atoms with Gasteiger partial charge in [0.1, 0.15) is 5.75 Å². The summed E-state index contributed by atoms with van der Waals surface area (Å²) < 4.78 is 5.68. The van der Waals surface area contributed by atoms with Gasteiger partial charge in [0, 0.05) is 11.3 Å². The lowest BCUT2D eigenvalue weighted by Crippen LogP contribution is -2.18. The van der Waals surface area contributed by atoms with Crippen molar-refractivity contribution in [3.63, 3.8) is 0 Å². The molecule has 0 spiro atoms. The van der Waals surface area contributed by atoms with Gasteiger partial charge in [0.15, 0.2) is 0 Å². The largest absolute Gasteiger partial charge is 0.494 e. The summed E-state index contributed by atoms with van der Waals surface area (Å²) in [5.41, 5.74) is 1.30. The Morgan fingerprint density at radius 2 is 2.00 bits per heavy atom. The molecule has 1 fully saturated rings. The normalized spacial score (nSPS) is 25.4. The third-order valence-corrected chi connectivity index (χ3v) is 3.82. The number of hydrogen-bond donors (Lipinski definition) is 0. The minimum absolute atomic E-state index is 0.273. The molecule has 0 aromatic heterocycles. The second kappa shape index (κ2) is 5.58. The van der Waals surface area contributed by atoms with E-state index in [1.165, 1.54) is 24.8 Å². The summed E-state index contributed by atoms with van der Waals surface area (Å²) in [4.78, 5) is 0. The number of halogens is 1. The van der Waals surface area contributed by atoms with Crippen LogP contribution in [0.25, 0.3) is 0 Å². The maximum atomic E-state index is 6.43. The van der Waals surface area contributed by atoms with Crippen molar-refractivity contribution < 1.29 is 4.74 Å². The Labute approximate surface area is 103 Å². The van der Waals surface area contributed by atoms with Crippen LogP contribution in [0.1, 0.15) is 44.1 Å². The van der Waals surface area contributed by atoms with Crippen LogP contribution in [0.3, 0.4) is 0 Å². The van der Waals surface area contributed by atoms with Crippen molar-refractivity contribution >= 4 is 11.6 Å². The molecule has 2 rings (SSSR count). The Balaban J connectivity index is 2.23. The van der Waals surface area contributed by atoms with Crippen molar-refractivity contribution in [3.05, 3.63) is 29.8 Å². The Kier molecular flexibility index (Phi) is 4.11. The molecule has 2 unspecified atom stereocenters. The lowest BCUT2D eigenvalue weighted by Gasteiger charge is -2.28. The van der Waals surface area contributed by atoms with Gasteiger partial charge in [0.2, 0.25) is 0 Å². The number of alkyl halides is 1. The average Bonchev–Trinajstić information content (AvgIpc) is 2.31. The Hall–Kier alpha value is -0.690. The van der Waals surface area contributed by atoms with Gasteiger partial charge < -0.3 is 4.74 Å². The second-order valence-corrected chi connectivity index (χ2v) is 4.94. The van der Waals surface area contributed by atoms with Crippen LogP contribution >= 0.6 is 11.6 Å². The number of benzene rings is 1. The zero-order valence-electron chi connectivity index (χ0n) is 9.79. The molecule has 0 saturated heterocycles. The summed E-state index contributed by atoms with van der Waals surface area (Å²) in [7, 11) is 0. The van der Waals surface area contributed by atoms with Gasteiger partial charge in [-0.25, -0.2) is 0 Å². The first-order valence-corrected chi connectivity index (χ1v) is 6.62. The first kappa shape index (κ1) is 11.8. The monoisotopic (exact) mass is 238 g/mol. The average molecular weight is 239 g/mol. The van der Waals surface area contributed by atoms with E-state index in [4.69, 9.17) is 16.3 Å². The van der Waals surface area contributed by atoms with Crippen molar-refractivity contribution in [2.24, 2.45) is 0 Å². The molecule has 1 nitrogen and oxygen atoms in total. The zero-order chi connectivity index (χ0) is 11.4. The summed E-state index contributed by atoms with van der Waals surface area (Å²) >= 11 is 6.43. The molecule has 0 bridgehead atoms. The number of rotatable bonds is 3. The summed E-state index contributed by atoms with van der Waals surface area (Å²) in [6.07, 6.45) is 4.88. The molecule has 1 aliphatic rings. The molecule has 1 aromatic rings. The highest BCUT2D eigenvalue weighted by atomic mass is 35.5. The van der Waals surface area contributed by atoms with Crippen LogP contribution in [0.2, 0.25) is 0 Å². The molecule has 0 radical (unpaired) electrons. The van der Waals surface area contributed by atoms with E-state index in [0.29, 0.717) is 5.92 Å². The maximum absolute atomic E-state index is 6.43. The summed E-state index contributed by atoms with van der Waals surface area (Å²) in [6.45, 7) is 2.74. The molecular formula is C14H19ClO. The Bertz CT molecular complexity index is 337. The van der Waals surface area contributed by atoms with Crippen LogP contribution in [0.15, 0.2) is 24.3 Å². The number of hydrogen-bond acceptors (Lipinski definition) is 1. The molecule has 1 aliphatic carbocycles. The second-order valence-electron chi connectivity index (χ2n) is 4.38. The van der Waals surface area contributed by atoms with Crippen molar-refractivity contribution in [1.29, 1.82) is 0 Å². The van der Waals surface area contributed by atoms with Crippen molar-refractivity contribution in [2.75, 3.05) is 6.61 Å². The molecule has 88 valence electrons. The minimum atomic E-state index is 0.273. The van der Waals surface area contributed by atoms with Gasteiger partial charge in [0.25, 0.3) is 0 Å². The van der Waals surface area contributed by atoms with Crippen LogP contribution in [0.5, 0.6) is 5.75 Å². The van der Waals surface area contributed by atoms with Gasteiger partial charge in [-0.15, -0.1) is 11.6 Å². The quantitative estimate of drug-likeness (QED) is 0.712. The lowest BCUT2D eigenvalue weighted by atomic mass is 9.83. The highest BCUT2D eigenvalue weighted by molar-refractivity contribution is 6.21. The van der Waals surface area contributed by atoms with E-state index in [1.807, 2.05) is 13.0 Å². The number of para-hydroxylation sites is 1. The number of ether oxygens (including phenoxy) is 1. The van der Waals surface area contributed by atoms with Crippen molar-refractivity contribution in [2.45, 2.75) is 43.9 Å². The van der Waals surface area contributed by atoms with Gasteiger partial charge in [0.05, 0.1) is 6.61 Å². The van der Waals surface area contributed by atoms with E-state index < -0.39 is 0 Å². The van der Waals surface area contributed by atoms with E-state index >= 15 is 0 Å².